The van der Waals surface area contributed by atoms with E-state index in [1.807, 2.05) is 0 Å². The molecule has 3 aliphatic rings. The zero-order valence-corrected chi connectivity index (χ0v) is 17.2. The van der Waals surface area contributed by atoms with E-state index < -0.39 is 10.2 Å². The fourth-order valence-electron chi connectivity index (χ4n) is 4.27. The summed E-state index contributed by atoms with van der Waals surface area (Å²) in [4.78, 5) is 2.47. The highest BCUT2D eigenvalue weighted by Gasteiger charge is 2.51. The Kier molecular flexibility index (Phi) is 5.01. The van der Waals surface area contributed by atoms with Gasteiger partial charge in [-0.05, 0) is 37.3 Å². The number of nitrogens with zero attached hydrogens (tertiary/aromatic N) is 2. The number of fused-ring (bicyclic) bond motifs is 1. The molecule has 2 atom stereocenters. The maximum atomic E-state index is 11.7. The molecule has 0 bridgehead atoms. The number of benzene rings is 1. The lowest BCUT2D eigenvalue weighted by Crippen LogP contribution is -2.47. The fourth-order valence-corrected chi connectivity index (χ4v) is 5.11. The molecule has 1 aromatic carbocycles. The summed E-state index contributed by atoms with van der Waals surface area (Å²) in [6, 6.07) is 5.20. The third kappa shape index (κ3) is 3.97. The number of nitrogens with one attached hydrogen (secondary N) is 1. The average molecular weight is 409 g/mol. The molecule has 8 nitrogen and oxygen atoms in total. The van der Waals surface area contributed by atoms with E-state index in [1.165, 1.54) is 0 Å². The number of likely N-dealkylation sites (tertiary alicyclic amines) is 1. The van der Waals surface area contributed by atoms with Crippen molar-refractivity contribution >= 4 is 21.7 Å². The van der Waals surface area contributed by atoms with E-state index in [4.69, 9.17) is 15.2 Å². The molecular formula is C19H28N4O4S. The van der Waals surface area contributed by atoms with E-state index in [1.54, 1.807) is 18.2 Å². The molecule has 3 N–H and O–H groups in total. The highest BCUT2D eigenvalue weighted by molar-refractivity contribution is 7.91. The van der Waals surface area contributed by atoms with E-state index in [2.05, 4.69) is 27.9 Å². The maximum Gasteiger partial charge on any atom is 0.344 e. The normalized spacial score (nSPS) is 29.0. The van der Waals surface area contributed by atoms with Crippen molar-refractivity contribution in [3.05, 3.63) is 23.8 Å². The quantitative estimate of drug-likeness (QED) is 0.696. The van der Waals surface area contributed by atoms with Crippen molar-refractivity contribution in [1.82, 2.24) is 4.90 Å². The molecule has 28 heavy (non-hydrogen) atoms. The van der Waals surface area contributed by atoms with E-state index in [-0.39, 0.29) is 11.6 Å². The van der Waals surface area contributed by atoms with Crippen LogP contribution in [0.25, 0.3) is 0 Å². The number of piperidine rings is 1. The van der Waals surface area contributed by atoms with Crippen molar-refractivity contribution in [1.29, 1.82) is 0 Å². The van der Waals surface area contributed by atoms with Crippen LogP contribution in [0.15, 0.2) is 22.6 Å². The average Bonchev–Trinajstić information content (AvgIpc) is 3.39. The third-order valence-electron chi connectivity index (χ3n) is 5.51. The summed E-state index contributed by atoms with van der Waals surface area (Å²) in [7, 11) is -3.79. The number of nitrogens with two attached hydrogens (primary N) is 1. The number of rotatable bonds is 6. The first-order chi connectivity index (χ1) is 13.3. The summed E-state index contributed by atoms with van der Waals surface area (Å²) in [6.07, 6.45) is 3.27. The Balaban J connectivity index is 1.43. The van der Waals surface area contributed by atoms with Gasteiger partial charge in [-0.3, -0.25) is 9.62 Å². The molecule has 154 valence electrons. The van der Waals surface area contributed by atoms with Crippen LogP contribution in [0.4, 0.5) is 5.69 Å². The van der Waals surface area contributed by atoms with Crippen molar-refractivity contribution < 1.29 is 17.9 Å². The Morgan fingerprint density at radius 1 is 1.46 bits per heavy atom. The SMILES string of the molecule is CC(C)CC1(N2CCC[C@H](COc3cccc4c3C(N)=NS(=O)(=O)N4)C2)CO1. The largest absolute Gasteiger partial charge is 0.492 e. The second kappa shape index (κ2) is 7.20. The topological polar surface area (TPSA) is 110 Å². The van der Waals surface area contributed by atoms with Gasteiger partial charge < -0.3 is 15.2 Å². The van der Waals surface area contributed by atoms with Gasteiger partial charge in [0.2, 0.25) is 0 Å². The Morgan fingerprint density at radius 2 is 2.25 bits per heavy atom. The van der Waals surface area contributed by atoms with E-state index in [0.717, 1.165) is 39.0 Å². The molecule has 0 spiro atoms. The summed E-state index contributed by atoms with van der Waals surface area (Å²) < 4.78 is 41.3. The molecule has 3 heterocycles. The summed E-state index contributed by atoms with van der Waals surface area (Å²) in [5.74, 6) is 1.49. The molecule has 1 unspecified atom stereocenters. The molecule has 0 saturated carbocycles. The second-order valence-corrected chi connectivity index (χ2v) is 9.67. The lowest BCUT2D eigenvalue weighted by atomic mass is 9.95. The molecule has 4 rings (SSSR count). The van der Waals surface area contributed by atoms with Gasteiger partial charge in [0, 0.05) is 19.0 Å². The van der Waals surface area contributed by atoms with Gasteiger partial charge in [-0.25, -0.2) is 0 Å². The minimum atomic E-state index is -3.79. The second-order valence-electron chi connectivity index (χ2n) is 8.33. The molecule has 2 saturated heterocycles. The van der Waals surface area contributed by atoms with Gasteiger partial charge in [0.05, 0.1) is 24.5 Å². The van der Waals surface area contributed by atoms with E-state index in [9.17, 15) is 8.42 Å². The van der Waals surface area contributed by atoms with Gasteiger partial charge >= 0.3 is 10.2 Å². The Morgan fingerprint density at radius 3 is 2.96 bits per heavy atom. The predicted octanol–water partition coefficient (Wildman–Crippen LogP) is 1.93. The van der Waals surface area contributed by atoms with Gasteiger partial charge in [0.15, 0.2) is 5.84 Å². The first-order valence-electron chi connectivity index (χ1n) is 9.81. The van der Waals surface area contributed by atoms with Crippen LogP contribution >= 0.6 is 0 Å². The van der Waals surface area contributed by atoms with Crippen molar-refractivity contribution in [2.75, 3.05) is 31.0 Å². The third-order valence-corrected chi connectivity index (χ3v) is 6.43. The van der Waals surface area contributed by atoms with Gasteiger partial charge in [-0.15, -0.1) is 4.40 Å². The summed E-state index contributed by atoms with van der Waals surface area (Å²) >= 11 is 0. The molecule has 3 aliphatic heterocycles. The molecule has 0 aromatic heterocycles. The zero-order valence-electron chi connectivity index (χ0n) is 16.3. The number of anilines is 1. The van der Waals surface area contributed by atoms with E-state index in [0.29, 0.717) is 35.4 Å². The number of epoxide rings is 1. The minimum absolute atomic E-state index is 0.0445. The standard InChI is InChI=1S/C19H28N4O4S/c1-13(2)9-19(12-27-19)23-8-4-5-14(10-23)11-26-16-7-3-6-15-17(16)18(20)22-28(24,25)21-15/h3,6-7,13-14,21H,4-5,8-12H2,1-2H3,(H2,20,22)/t14-,19?/m0/s1. The van der Waals surface area contributed by atoms with Crippen LogP contribution < -0.4 is 15.2 Å². The van der Waals surface area contributed by atoms with Crippen LogP contribution in [0.5, 0.6) is 5.75 Å². The summed E-state index contributed by atoms with van der Waals surface area (Å²) in [5, 5.41) is 0. The van der Waals surface area contributed by atoms with Crippen molar-refractivity contribution in [2.24, 2.45) is 22.0 Å². The highest BCUT2D eigenvalue weighted by Crippen LogP contribution is 2.40. The molecule has 0 amide bonds. The van der Waals surface area contributed by atoms with Crippen LogP contribution in [0.3, 0.4) is 0 Å². The minimum Gasteiger partial charge on any atom is -0.492 e. The Hall–Kier alpha value is -1.84. The van der Waals surface area contributed by atoms with Crippen LogP contribution in [-0.2, 0) is 14.9 Å². The first-order valence-corrected chi connectivity index (χ1v) is 11.3. The Labute approximate surface area is 166 Å². The van der Waals surface area contributed by atoms with Crippen molar-refractivity contribution in [3.8, 4) is 5.75 Å². The lowest BCUT2D eigenvalue weighted by Gasteiger charge is -2.37. The lowest BCUT2D eigenvalue weighted by molar-refractivity contribution is 0.0146. The van der Waals surface area contributed by atoms with Gasteiger partial charge in [-0.2, -0.15) is 8.42 Å². The van der Waals surface area contributed by atoms with Crippen molar-refractivity contribution in [2.45, 2.75) is 38.8 Å². The van der Waals surface area contributed by atoms with Crippen LogP contribution in [0.2, 0.25) is 0 Å². The van der Waals surface area contributed by atoms with Gasteiger partial charge in [-0.1, -0.05) is 19.9 Å². The summed E-state index contributed by atoms with van der Waals surface area (Å²) in [6.45, 7) is 7.82. The highest BCUT2D eigenvalue weighted by atomic mass is 32.2. The number of ether oxygens (including phenoxy) is 2. The number of hydrogen-bond acceptors (Lipinski definition) is 6. The zero-order chi connectivity index (χ0) is 19.9. The molecule has 0 aliphatic carbocycles. The fraction of sp³-hybridized carbons (Fsp3) is 0.632. The molecule has 1 aromatic rings. The maximum absolute atomic E-state index is 11.7. The Bertz CT molecular complexity index is 880. The summed E-state index contributed by atoms with van der Waals surface area (Å²) in [5.41, 5.74) is 6.72. The first kappa shape index (κ1) is 19.5. The van der Waals surface area contributed by atoms with Crippen molar-refractivity contribution in [3.63, 3.8) is 0 Å². The monoisotopic (exact) mass is 408 g/mol. The predicted molar refractivity (Wildman–Crippen MR) is 108 cm³/mol. The molecular weight excluding hydrogens is 380 g/mol. The smallest absolute Gasteiger partial charge is 0.344 e. The van der Waals surface area contributed by atoms with Crippen LogP contribution in [0.1, 0.15) is 38.7 Å². The van der Waals surface area contributed by atoms with Gasteiger partial charge in [0.25, 0.3) is 0 Å². The number of hydrogen-bond donors (Lipinski definition) is 2. The van der Waals surface area contributed by atoms with Gasteiger partial charge in [0.1, 0.15) is 11.5 Å². The van der Waals surface area contributed by atoms with Crippen LogP contribution in [0, 0.1) is 11.8 Å². The molecule has 9 heteroatoms. The van der Waals surface area contributed by atoms with E-state index >= 15 is 0 Å². The molecule has 2 fully saturated rings. The molecule has 0 radical (unpaired) electrons. The van der Waals surface area contributed by atoms with Crippen LogP contribution in [-0.4, -0.2) is 51.2 Å². The number of amidine groups is 1.